The van der Waals surface area contributed by atoms with Gasteiger partial charge in [-0.15, -0.1) is 0 Å². The lowest BCUT2D eigenvalue weighted by Gasteiger charge is -2.49. The van der Waals surface area contributed by atoms with E-state index in [0.717, 1.165) is 5.92 Å². The van der Waals surface area contributed by atoms with Crippen LogP contribution in [0.2, 0.25) is 0 Å². The molecule has 0 saturated carbocycles. The third-order valence-corrected chi connectivity index (χ3v) is 4.02. The highest BCUT2D eigenvalue weighted by atomic mass is 79.9. The number of hydrogen-bond donors (Lipinski definition) is 0. The highest BCUT2D eigenvalue weighted by molar-refractivity contribution is 4.71. The number of fused-ring (bicyclic) bond motifs is 3. The molecule has 0 N–H and O–H groups in total. The van der Waals surface area contributed by atoms with E-state index in [1.807, 2.05) is 0 Å². The number of rotatable bonds is 3. The lowest BCUT2D eigenvalue weighted by molar-refractivity contribution is -0.942. The van der Waals surface area contributed by atoms with Gasteiger partial charge in [0.1, 0.15) is 0 Å². The molecule has 0 spiro atoms. The number of unbranched alkanes of at least 4 members (excludes halogenated alkanes) is 1. The third kappa shape index (κ3) is 2.47. The van der Waals surface area contributed by atoms with Gasteiger partial charge in [-0.05, 0) is 31.6 Å². The Kier molecular flexibility index (Phi) is 4.24. The van der Waals surface area contributed by atoms with E-state index >= 15 is 0 Å². The van der Waals surface area contributed by atoms with Crippen LogP contribution in [0.3, 0.4) is 0 Å². The molecule has 3 aliphatic rings. The smallest absolute Gasteiger partial charge is 0.0789 e. The van der Waals surface area contributed by atoms with Crippen molar-refractivity contribution in [3.63, 3.8) is 0 Å². The van der Waals surface area contributed by atoms with Crippen molar-refractivity contribution in [2.75, 3.05) is 26.2 Å². The molecule has 0 aliphatic carbocycles. The molecule has 1 nitrogen and oxygen atoms in total. The van der Waals surface area contributed by atoms with Crippen molar-refractivity contribution in [2.45, 2.75) is 39.0 Å². The summed E-state index contributed by atoms with van der Waals surface area (Å²) in [6, 6.07) is 0. The molecule has 0 radical (unpaired) electrons. The Balaban J connectivity index is 0.000000845. The summed E-state index contributed by atoms with van der Waals surface area (Å²) >= 11 is 0. The van der Waals surface area contributed by atoms with Gasteiger partial charge < -0.3 is 21.5 Å². The Bertz CT molecular complexity index is 136. The summed E-state index contributed by atoms with van der Waals surface area (Å²) in [6.07, 6.45) is 7.42. The summed E-state index contributed by atoms with van der Waals surface area (Å²) in [5, 5.41) is 0. The molecule has 0 aromatic rings. The van der Waals surface area contributed by atoms with Crippen molar-refractivity contribution >= 4 is 0 Å². The van der Waals surface area contributed by atoms with Crippen LogP contribution in [0, 0.1) is 5.92 Å². The Labute approximate surface area is 92.9 Å². The highest BCUT2D eigenvalue weighted by Gasteiger charge is 2.38. The molecular formula is C11H22BrN. The molecule has 0 amide bonds. The van der Waals surface area contributed by atoms with Crippen molar-refractivity contribution in [1.29, 1.82) is 0 Å². The fourth-order valence-electron chi connectivity index (χ4n) is 2.97. The van der Waals surface area contributed by atoms with Crippen LogP contribution >= 0.6 is 0 Å². The monoisotopic (exact) mass is 247 g/mol. The van der Waals surface area contributed by atoms with E-state index in [1.165, 1.54) is 62.8 Å². The molecule has 3 saturated heterocycles. The Morgan fingerprint density at radius 1 is 1.08 bits per heavy atom. The second-order valence-corrected chi connectivity index (χ2v) is 4.82. The normalized spacial score (nSPS) is 37.2. The van der Waals surface area contributed by atoms with Gasteiger partial charge in [0.2, 0.25) is 0 Å². The van der Waals surface area contributed by atoms with Crippen molar-refractivity contribution in [3.8, 4) is 0 Å². The zero-order valence-corrected chi connectivity index (χ0v) is 10.4. The SMILES string of the molecule is CCCC[N+]12CCC(CC1)CC2.[Br-]. The topological polar surface area (TPSA) is 0 Å². The Morgan fingerprint density at radius 3 is 2.08 bits per heavy atom. The second kappa shape index (κ2) is 4.79. The van der Waals surface area contributed by atoms with Crippen LogP contribution in [0.15, 0.2) is 0 Å². The molecule has 78 valence electrons. The summed E-state index contributed by atoms with van der Waals surface area (Å²) in [5.74, 6) is 1.12. The molecule has 3 heterocycles. The molecule has 3 aliphatic heterocycles. The first-order valence-electron chi connectivity index (χ1n) is 5.70. The minimum atomic E-state index is 0. The number of nitrogens with zero attached hydrogens (tertiary/aromatic N) is 1. The molecular weight excluding hydrogens is 226 g/mol. The van der Waals surface area contributed by atoms with E-state index in [0.29, 0.717) is 0 Å². The molecule has 3 rings (SSSR count). The zero-order chi connectivity index (χ0) is 8.44. The summed E-state index contributed by atoms with van der Waals surface area (Å²) in [6.45, 7) is 8.30. The Morgan fingerprint density at radius 2 is 1.62 bits per heavy atom. The van der Waals surface area contributed by atoms with Gasteiger partial charge >= 0.3 is 0 Å². The lowest BCUT2D eigenvalue weighted by atomic mass is 9.85. The maximum absolute atomic E-state index is 2.31. The first kappa shape index (κ1) is 11.5. The van der Waals surface area contributed by atoms with E-state index in [4.69, 9.17) is 0 Å². The fourth-order valence-corrected chi connectivity index (χ4v) is 2.97. The van der Waals surface area contributed by atoms with Crippen LogP contribution in [-0.4, -0.2) is 30.7 Å². The van der Waals surface area contributed by atoms with E-state index in [1.54, 1.807) is 0 Å². The molecule has 2 bridgehead atoms. The van der Waals surface area contributed by atoms with Crippen molar-refractivity contribution in [3.05, 3.63) is 0 Å². The highest BCUT2D eigenvalue weighted by Crippen LogP contribution is 2.33. The largest absolute Gasteiger partial charge is 1.00 e. The van der Waals surface area contributed by atoms with Crippen molar-refractivity contribution in [2.24, 2.45) is 5.92 Å². The average molecular weight is 248 g/mol. The fraction of sp³-hybridized carbons (Fsp3) is 1.00. The second-order valence-electron chi connectivity index (χ2n) is 4.82. The van der Waals surface area contributed by atoms with Gasteiger partial charge in [0.15, 0.2) is 0 Å². The molecule has 0 aromatic heterocycles. The van der Waals surface area contributed by atoms with E-state index in [9.17, 15) is 0 Å². The molecule has 2 heteroatoms. The summed E-state index contributed by atoms with van der Waals surface area (Å²) < 4.78 is 1.49. The molecule has 0 aromatic carbocycles. The van der Waals surface area contributed by atoms with Crippen LogP contribution in [0.4, 0.5) is 0 Å². The Hall–Kier alpha value is 0.440. The maximum Gasteiger partial charge on any atom is 0.0789 e. The van der Waals surface area contributed by atoms with Gasteiger partial charge in [-0.25, -0.2) is 0 Å². The van der Waals surface area contributed by atoms with Crippen LogP contribution < -0.4 is 17.0 Å². The first-order chi connectivity index (χ1) is 5.85. The predicted molar refractivity (Wildman–Crippen MR) is 52.0 cm³/mol. The lowest BCUT2D eigenvalue weighted by Crippen LogP contribution is -3.00. The van der Waals surface area contributed by atoms with Crippen LogP contribution in [0.1, 0.15) is 39.0 Å². The first-order valence-corrected chi connectivity index (χ1v) is 5.70. The maximum atomic E-state index is 2.31. The van der Waals surface area contributed by atoms with Crippen molar-refractivity contribution < 1.29 is 21.5 Å². The zero-order valence-electron chi connectivity index (χ0n) is 8.77. The van der Waals surface area contributed by atoms with E-state index in [-0.39, 0.29) is 17.0 Å². The van der Waals surface area contributed by atoms with Gasteiger partial charge in [0.05, 0.1) is 26.2 Å². The van der Waals surface area contributed by atoms with Gasteiger partial charge in [-0.2, -0.15) is 0 Å². The number of halogens is 1. The molecule has 0 unspecified atom stereocenters. The minimum absolute atomic E-state index is 0. The summed E-state index contributed by atoms with van der Waals surface area (Å²) in [7, 11) is 0. The van der Waals surface area contributed by atoms with Gasteiger partial charge in [-0.1, -0.05) is 13.3 Å². The predicted octanol–water partition coefficient (Wildman–Crippen LogP) is -0.579. The summed E-state index contributed by atoms with van der Waals surface area (Å²) in [4.78, 5) is 0. The number of hydrogen-bond acceptors (Lipinski definition) is 0. The minimum Gasteiger partial charge on any atom is -1.00 e. The van der Waals surface area contributed by atoms with Gasteiger partial charge in [-0.3, -0.25) is 0 Å². The van der Waals surface area contributed by atoms with Gasteiger partial charge in [0, 0.05) is 0 Å². The number of quaternary nitrogens is 1. The van der Waals surface area contributed by atoms with Crippen molar-refractivity contribution in [1.82, 2.24) is 0 Å². The summed E-state index contributed by atoms with van der Waals surface area (Å²) in [5.41, 5.74) is 0. The molecule has 3 fully saturated rings. The van der Waals surface area contributed by atoms with Crippen LogP contribution in [0.25, 0.3) is 0 Å². The molecule has 0 atom stereocenters. The molecule has 13 heavy (non-hydrogen) atoms. The number of piperidine rings is 3. The van der Waals surface area contributed by atoms with E-state index in [2.05, 4.69) is 6.92 Å². The third-order valence-electron chi connectivity index (χ3n) is 4.02. The van der Waals surface area contributed by atoms with Crippen LogP contribution in [0.5, 0.6) is 0 Å². The standard InChI is InChI=1S/C11H22N.BrH/c1-2-3-7-12-8-4-11(5-9-12)6-10-12;/h11H,2-10H2,1H3;1H/q+1;/p-1. The van der Waals surface area contributed by atoms with Crippen LogP contribution in [-0.2, 0) is 0 Å². The quantitative estimate of drug-likeness (QED) is 0.586. The average Bonchev–Trinajstić information content (AvgIpc) is 2.18. The van der Waals surface area contributed by atoms with Gasteiger partial charge in [0.25, 0.3) is 0 Å². The van der Waals surface area contributed by atoms with E-state index < -0.39 is 0 Å².